The molecule has 2 heterocycles. The van der Waals surface area contributed by atoms with Crippen LogP contribution in [0.15, 0.2) is 73.1 Å². The molecule has 0 radical (unpaired) electrons. The van der Waals surface area contributed by atoms with Crippen molar-refractivity contribution in [3.05, 3.63) is 73.1 Å². The maximum atomic E-state index is 12.8. The van der Waals surface area contributed by atoms with Crippen molar-refractivity contribution in [1.82, 2.24) is 14.9 Å². The Kier molecular flexibility index (Phi) is 5.70. The molecule has 1 atom stereocenters. The first kappa shape index (κ1) is 18.9. The van der Waals surface area contributed by atoms with E-state index in [1.165, 1.54) is 0 Å². The molecule has 3 aromatic rings. The predicted molar refractivity (Wildman–Crippen MR) is 113 cm³/mol. The van der Waals surface area contributed by atoms with E-state index < -0.39 is 6.10 Å². The highest BCUT2D eigenvalue weighted by Crippen LogP contribution is 2.23. The molecule has 4 rings (SSSR count). The summed E-state index contributed by atoms with van der Waals surface area (Å²) in [4.78, 5) is 25.3. The van der Waals surface area contributed by atoms with Gasteiger partial charge in [0, 0.05) is 38.6 Å². The van der Waals surface area contributed by atoms with Crippen LogP contribution in [-0.2, 0) is 4.79 Å². The first-order valence-electron chi connectivity index (χ1n) is 9.83. The number of amides is 1. The van der Waals surface area contributed by atoms with Crippen LogP contribution in [0.1, 0.15) is 6.92 Å². The fourth-order valence-electron chi connectivity index (χ4n) is 3.45. The van der Waals surface area contributed by atoms with E-state index in [9.17, 15) is 4.79 Å². The monoisotopic (exact) mass is 388 g/mol. The van der Waals surface area contributed by atoms with E-state index in [-0.39, 0.29) is 5.91 Å². The van der Waals surface area contributed by atoms with Crippen molar-refractivity contribution in [2.75, 3.05) is 31.1 Å². The minimum Gasteiger partial charge on any atom is -0.481 e. The molecule has 0 saturated carbocycles. The largest absolute Gasteiger partial charge is 0.481 e. The number of benzene rings is 2. The van der Waals surface area contributed by atoms with Gasteiger partial charge in [-0.2, -0.15) is 0 Å². The fourth-order valence-corrected chi connectivity index (χ4v) is 3.45. The maximum Gasteiger partial charge on any atom is 0.263 e. The molecule has 0 aliphatic carbocycles. The molecule has 1 fully saturated rings. The molecule has 148 valence electrons. The molecule has 1 saturated heterocycles. The van der Waals surface area contributed by atoms with Crippen molar-refractivity contribution < 1.29 is 9.53 Å². The van der Waals surface area contributed by atoms with Crippen LogP contribution in [0.25, 0.3) is 11.1 Å². The molecule has 0 unspecified atom stereocenters. The van der Waals surface area contributed by atoms with Gasteiger partial charge in [-0.05, 0) is 36.2 Å². The van der Waals surface area contributed by atoms with Crippen molar-refractivity contribution >= 4 is 11.9 Å². The van der Waals surface area contributed by atoms with Crippen LogP contribution >= 0.6 is 0 Å². The third-order valence-electron chi connectivity index (χ3n) is 5.05. The van der Waals surface area contributed by atoms with Gasteiger partial charge < -0.3 is 14.5 Å². The van der Waals surface area contributed by atoms with Crippen molar-refractivity contribution in [2.24, 2.45) is 0 Å². The number of piperazine rings is 1. The number of hydrogen-bond acceptors (Lipinski definition) is 5. The van der Waals surface area contributed by atoms with Crippen LogP contribution in [0.2, 0.25) is 0 Å². The molecular formula is C23H24N4O2. The van der Waals surface area contributed by atoms with Gasteiger partial charge in [-0.3, -0.25) is 4.79 Å². The normalized spacial score (nSPS) is 15.1. The van der Waals surface area contributed by atoms with Crippen LogP contribution < -0.4 is 9.64 Å². The maximum absolute atomic E-state index is 12.8. The van der Waals surface area contributed by atoms with E-state index in [4.69, 9.17) is 4.74 Å². The lowest BCUT2D eigenvalue weighted by molar-refractivity contribution is -0.138. The Morgan fingerprint density at radius 2 is 1.48 bits per heavy atom. The highest BCUT2D eigenvalue weighted by Gasteiger charge is 2.26. The summed E-state index contributed by atoms with van der Waals surface area (Å²) in [5, 5.41) is 0. The Labute approximate surface area is 170 Å². The van der Waals surface area contributed by atoms with Crippen molar-refractivity contribution in [3.63, 3.8) is 0 Å². The standard InChI is InChI=1S/C23H24N4O2/c1-18(29-21-10-8-20(9-11-21)19-6-3-2-4-7-19)22(28)26-14-16-27(17-15-26)23-24-12-5-13-25-23/h2-13,18H,14-17H2,1H3/t18-/m1/s1. The Balaban J connectivity index is 1.32. The first-order chi connectivity index (χ1) is 14.2. The third-order valence-corrected chi connectivity index (χ3v) is 5.05. The molecule has 0 N–H and O–H groups in total. The van der Waals surface area contributed by atoms with E-state index >= 15 is 0 Å². The molecule has 1 aromatic heterocycles. The Morgan fingerprint density at radius 1 is 0.862 bits per heavy atom. The highest BCUT2D eigenvalue weighted by molar-refractivity contribution is 5.81. The molecule has 0 spiro atoms. The van der Waals surface area contributed by atoms with E-state index in [2.05, 4.69) is 27.0 Å². The lowest BCUT2D eigenvalue weighted by Gasteiger charge is -2.35. The number of aromatic nitrogens is 2. The number of ether oxygens (including phenoxy) is 1. The molecular weight excluding hydrogens is 364 g/mol. The van der Waals surface area contributed by atoms with Crippen LogP contribution in [0.4, 0.5) is 5.95 Å². The summed E-state index contributed by atoms with van der Waals surface area (Å²) in [6.45, 7) is 4.51. The van der Waals surface area contributed by atoms with Crippen molar-refractivity contribution in [1.29, 1.82) is 0 Å². The van der Waals surface area contributed by atoms with Crippen molar-refractivity contribution in [3.8, 4) is 16.9 Å². The van der Waals surface area contributed by atoms with Gasteiger partial charge in [0.1, 0.15) is 5.75 Å². The summed E-state index contributed by atoms with van der Waals surface area (Å²) >= 11 is 0. The Bertz CT molecular complexity index is 924. The van der Waals surface area contributed by atoms with E-state index in [0.717, 1.165) is 11.1 Å². The predicted octanol–water partition coefficient (Wildman–Crippen LogP) is 3.26. The molecule has 1 aliphatic heterocycles. The van der Waals surface area contributed by atoms with Gasteiger partial charge in [0.25, 0.3) is 5.91 Å². The summed E-state index contributed by atoms with van der Waals surface area (Å²) in [6, 6.07) is 19.8. The lowest BCUT2D eigenvalue weighted by Crippen LogP contribution is -2.52. The zero-order valence-corrected chi connectivity index (χ0v) is 16.4. The van der Waals surface area contributed by atoms with Gasteiger partial charge in [0.2, 0.25) is 5.95 Å². The number of nitrogens with zero attached hydrogens (tertiary/aromatic N) is 4. The van der Waals surface area contributed by atoms with Gasteiger partial charge in [-0.25, -0.2) is 9.97 Å². The highest BCUT2D eigenvalue weighted by atomic mass is 16.5. The Morgan fingerprint density at radius 3 is 2.14 bits per heavy atom. The van der Waals surface area contributed by atoms with Crippen LogP contribution in [-0.4, -0.2) is 53.1 Å². The topological polar surface area (TPSA) is 58.6 Å². The minimum atomic E-state index is -0.530. The zero-order chi connectivity index (χ0) is 20.1. The molecule has 2 aromatic carbocycles. The van der Waals surface area contributed by atoms with Crippen molar-refractivity contribution in [2.45, 2.75) is 13.0 Å². The van der Waals surface area contributed by atoms with Gasteiger partial charge >= 0.3 is 0 Å². The molecule has 6 nitrogen and oxygen atoms in total. The molecule has 1 amide bonds. The fraction of sp³-hybridized carbons (Fsp3) is 0.261. The molecule has 0 bridgehead atoms. The van der Waals surface area contributed by atoms with E-state index in [1.54, 1.807) is 25.4 Å². The first-order valence-corrected chi connectivity index (χ1v) is 9.83. The third kappa shape index (κ3) is 4.54. The summed E-state index contributed by atoms with van der Waals surface area (Å²) in [7, 11) is 0. The number of carbonyl (C=O) groups excluding carboxylic acids is 1. The second kappa shape index (κ2) is 8.73. The second-order valence-corrected chi connectivity index (χ2v) is 7.01. The molecule has 29 heavy (non-hydrogen) atoms. The van der Waals surface area contributed by atoms with Crippen LogP contribution in [0.3, 0.4) is 0 Å². The van der Waals surface area contributed by atoms with Gasteiger partial charge in [-0.15, -0.1) is 0 Å². The number of hydrogen-bond donors (Lipinski definition) is 0. The average molecular weight is 388 g/mol. The second-order valence-electron chi connectivity index (χ2n) is 7.01. The molecule has 1 aliphatic rings. The minimum absolute atomic E-state index is 0.00534. The summed E-state index contributed by atoms with van der Waals surface area (Å²) in [5.74, 6) is 1.41. The van der Waals surface area contributed by atoms with Gasteiger partial charge in [0.15, 0.2) is 6.10 Å². The van der Waals surface area contributed by atoms with Crippen LogP contribution in [0.5, 0.6) is 5.75 Å². The summed E-state index contributed by atoms with van der Waals surface area (Å²) in [5.41, 5.74) is 2.28. The zero-order valence-electron chi connectivity index (χ0n) is 16.4. The van der Waals surface area contributed by atoms with Gasteiger partial charge in [0.05, 0.1) is 0 Å². The number of carbonyl (C=O) groups is 1. The quantitative estimate of drug-likeness (QED) is 0.671. The lowest BCUT2D eigenvalue weighted by atomic mass is 10.1. The SMILES string of the molecule is C[C@@H](Oc1ccc(-c2ccccc2)cc1)C(=O)N1CCN(c2ncccn2)CC1. The van der Waals surface area contributed by atoms with E-state index in [0.29, 0.717) is 37.9 Å². The van der Waals surface area contributed by atoms with Crippen LogP contribution in [0, 0.1) is 0 Å². The van der Waals surface area contributed by atoms with Gasteiger partial charge in [-0.1, -0.05) is 42.5 Å². The smallest absolute Gasteiger partial charge is 0.263 e. The number of anilines is 1. The summed E-state index contributed by atoms with van der Waals surface area (Å²) in [6.07, 6.45) is 2.94. The number of rotatable bonds is 5. The summed E-state index contributed by atoms with van der Waals surface area (Å²) < 4.78 is 5.90. The Hall–Kier alpha value is -3.41. The average Bonchev–Trinajstić information content (AvgIpc) is 2.80. The molecule has 6 heteroatoms. The van der Waals surface area contributed by atoms with E-state index in [1.807, 2.05) is 47.4 Å².